The lowest BCUT2D eigenvalue weighted by Gasteiger charge is -2.26. The third-order valence-corrected chi connectivity index (χ3v) is 5.26. The van der Waals surface area contributed by atoms with Crippen LogP contribution in [0.15, 0.2) is 23.6 Å². The molecule has 2 heterocycles. The predicted octanol–water partition coefficient (Wildman–Crippen LogP) is 2.79. The normalized spacial score (nSPS) is 13.1. The lowest BCUT2D eigenvalue weighted by atomic mass is 9.94. The number of amides is 1. The number of hydrogen-bond acceptors (Lipinski definition) is 6. The first-order valence-electron chi connectivity index (χ1n) is 7.97. The first kappa shape index (κ1) is 16.7. The molecule has 0 aliphatic carbocycles. The average Bonchev–Trinajstić information content (AvgIpc) is 3.27. The quantitative estimate of drug-likeness (QED) is 0.839. The number of rotatable bonds is 6. The molecule has 1 aromatic heterocycles. The van der Waals surface area contributed by atoms with Gasteiger partial charge in [-0.05, 0) is 31.0 Å². The minimum absolute atomic E-state index is 0.199. The summed E-state index contributed by atoms with van der Waals surface area (Å²) in [6.07, 6.45) is 1.62. The van der Waals surface area contributed by atoms with Gasteiger partial charge in [0.1, 0.15) is 10.7 Å². The van der Waals surface area contributed by atoms with Crippen LogP contribution in [0.25, 0.3) is 10.6 Å². The Morgan fingerprint density at radius 3 is 2.83 bits per heavy atom. The monoisotopic (exact) mass is 347 g/mol. The standard InChI is InChI=1S/C17H21N3O3S/c1-3-17(18,4-2)9-19-15(21)12-8-24-16(20-12)11-5-6-13-14(7-11)23-10-22-13/h5-8H,3-4,9-10,18H2,1-2H3,(H,19,21). The number of carbonyl (C=O) groups is 1. The van der Waals surface area contributed by atoms with E-state index in [4.69, 9.17) is 15.2 Å². The van der Waals surface area contributed by atoms with Gasteiger partial charge in [0, 0.05) is 23.0 Å². The molecule has 2 aromatic rings. The fraction of sp³-hybridized carbons (Fsp3) is 0.412. The van der Waals surface area contributed by atoms with Crippen molar-refractivity contribution in [2.75, 3.05) is 13.3 Å². The van der Waals surface area contributed by atoms with E-state index < -0.39 is 0 Å². The van der Waals surface area contributed by atoms with Crippen molar-refractivity contribution in [3.05, 3.63) is 29.3 Å². The highest BCUT2D eigenvalue weighted by molar-refractivity contribution is 7.13. The molecule has 0 atom stereocenters. The second-order valence-electron chi connectivity index (χ2n) is 5.86. The minimum atomic E-state index is -0.369. The number of nitrogens with zero attached hydrogens (tertiary/aromatic N) is 1. The van der Waals surface area contributed by atoms with E-state index in [1.165, 1.54) is 11.3 Å². The molecule has 6 nitrogen and oxygen atoms in total. The van der Waals surface area contributed by atoms with Crippen LogP contribution in [0.3, 0.4) is 0 Å². The third kappa shape index (κ3) is 3.37. The zero-order valence-electron chi connectivity index (χ0n) is 13.8. The van der Waals surface area contributed by atoms with Crippen molar-refractivity contribution in [2.24, 2.45) is 5.73 Å². The molecule has 0 radical (unpaired) electrons. The van der Waals surface area contributed by atoms with Crippen LogP contribution in [0.4, 0.5) is 0 Å². The molecule has 3 N–H and O–H groups in total. The SMILES string of the molecule is CCC(N)(CC)CNC(=O)c1csc(-c2ccc3c(c2)OCO3)n1. The van der Waals surface area contributed by atoms with Crippen LogP contribution in [0.5, 0.6) is 11.5 Å². The van der Waals surface area contributed by atoms with Gasteiger partial charge in [-0.1, -0.05) is 13.8 Å². The van der Waals surface area contributed by atoms with E-state index >= 15 is 0 Å². The van der Waals surface area contributed by atoms with Crippen molar-refractivity contribution >= 4 is 17.2 Å². The summed E-state index contributed by atoms with van der Waals surface area (Å²) in [5.74, 6) is 1.23. The second kappa shape index (κ2) is 6.78. The van der Waals surface area contributed by atoms with Crippen molar-refractivity contribution < 1.29 is 14.3 Å². The van der Waals surface area contributed by atoms with Crippen molar-refractivity contribution in [1.29, 1.82) is 0 Å². The summed E-state index contributed by atoms with van der Waals surface area (Å²) in [5.41, 5.74) is 7.15. The summed E-state index contributed by atoms with van der Waals surface area (Å²) in [4.78, 5) is 16.7. The Hall–Kier alpha value is -2.12. The van der Waals surface area contributed by atoms with Gasteiger partial charge in [-0.2, -0.15) is 0 Å². The summed E-state index contributed by atoms with van der Waals surface area (Å²) in [7, 11) is 0. The summed E-state index contributed by atoms with van der Waals surface area (Å²) in [5, 5.41) is 5.41. The highest BCUT2D eigenvalue weighted by atomic mass is 32.1. The molecular formula is C17H21N3O3S. The Bertz CT molecular complexity index is 740. The van der Waals surface area contributed by atoms with Gasteiger partial charge in [-0.15, -0.1) is 11.3 Å². The Kier molecular flexibility index (Phi) is 4.73. The number of fused-ring (bicyclic) bond motifs is 1. The molecule has 0 fully saturated rings. The van der Waals surface area contributed by atoms with E-state index in [1.54, 1.807) is 5.38 Å². The largest absolute Gasteiger partial charge is 0.454 e. The van der Waals surface area contributed by atoms with E-state index in [0.717, 1.165) is 29.2 Å². The highest BCUT2D eigenvalue weighted by Gasteiger charge is 2.22. The molecule has 0 saturated carbocycles. The van der Waals surface area contributed by atoms with Gasteiger partial charge >= 0.3 is 0 Å². The average molecular weight is 347 g/mol. The zero-order valence-corrected chi connectivity index (χ0v) is 14.6. The molecule has 0 unspecified atom stereocenters. The van der Waals surface area contributed by atoms with Crippen LogP contribution in [0.1, 0.15) is 37.2 Å². The fourth-order valence-electron chi connectivity index (χ4n) is 2.39. The van der Waals surface area contributed by atoms with Crippen LogP contribution >= 0.6 is 11.3 Å². The Morgan fingerprint density at radius 1 is 1.33 bits per heavy atom. The molecule has 1 amide bonds. The lowest BCUT2D eigenvalue weighted by Crippen LogP contribution is -2.49. The Morgan fingerprint density at radius 2 is 2.08 bits per heavy atom. The molecule has 1 aromatic carbocycles. The fourth-order valence-corrected chi connectivity index (χ4v) is 3.18. The Balaban J connectivity index is 1.70. The smallest absolute Gasteiger partial charge is 0.270 e. The van der Waals surface area contributed by atoms with E-state index in [-0.39, 0.29) is 18.2 Å². The predicted molar refractivity (Wildman–Crippen MR) is 93.5 cm³/mol. The molecular weight excluding hydrogens is 326 g/mol. The number of thiazole rings is 1. The zero-order chi connectivity index (χ0) is 17.2. The van der Waals surface area contributed by atoms with Crippen LogP contribution in [-0.4, -0.2) is 29.8 Å². The maximum atomic E-state index is 12.3. The summed E-state index contributed by atoms with van der Waals surface area (Å²) in [6, 6.07) is 5.64. The van der Waals surface area contributed by atoms with Crippen molar-refractivity contribution in [3.8, 4) is 22.1 Å². The van der Waals surface area contributed by atoms with Gasteiger partial charge in [0.15, 0.2) is 11.5 Å². The summed E-state index contributed by atoms with van der Waals surface area (Å²) >= 11 is 1.42. The number of aromatic nitrogens is 1. The van der Waals surface area contributed by atoms with E-state index in [2.05, 4.69) is 10.3 Å². The molecule has 0 spiro atoms. The van der Waals surface area contributed by atoms with Crippen LogP contribution < -0.4 is 20.5 Å². The van der Waals surface area contributed by atoms with Gasteiger partial charge in [0.05, 0.1) is 0 Å². The van der Waals surface area contributed by atoms with Gasteiger partial charge < -0.3 is 20.5 Å². The van der Waals surface area contributed by atoms with Crippen LogP contribution in [0.2, 0.25) is 0 Å². The van der Waals surface area contributed by atoms with Crippen molar-refractivity contribution in [2.45, 2.75) is 32.2 Å². The van der Waals surface area contributed by atoms with E-state index in [1.807, 2.05) is 32.0 Å². The lowest BCUT2D eigenvalue weighted by molar-refractivity contribution is 0.0938. The van der Waals surface area contributed by atoms with Crippen LogP contribution in [-0.2, 0) is 0 Å². The molecule has 0 saturated heterocycles. The first-order chi connectivity index (χ1) is 11.5. The second-order valence-corrected chi connectivity index (χ2v) is 6.72. The van der Waals surface area contributed by atoms with E-state index in [0.29, 0.717) is 18.0 Å². The topological polar surface area (TPSA) is 86.5 Å². The van der Waals surface area contributed by atoms with E-state index in [9.17, 15) is 4.79 Å². The highest BCUT2D eigenvalue weighted by Crippen LogP contribution is 2.36. The Labute approximate surface area is 145 Å². The van der Waals surface area contributed by atoms with Crippen molar-refractivity contribution in [3.63, 3.8) is 0 Å². The summed E-state index contributed by atoms with van der Waals surface area (Å²) < 4.78 is 10.7. The third-order valence-electron chi connectivity index (χ3n) is 4.37. The van der Waals surface area contributed by atoms with Gasteiger partial charge in [0.25, 0.3) is 5.91 Å². The molecule has 1 aliphatic rings. The maximum Gasteiger partial charge on any atom is 0.270 e. The number of benzene rings is 1. The van der Waals surface area contributed by atoms with Gasteiger partial charge in [-0.3, -0.25) is 4.79 Å². The van der Waals surface area contributed by atoms with Gasteiger partial charge in [-0.25, -0.2) is 4.98 Å². The minimum Gasteiger partial charge on any atom is -0.454 e. The number of nitrogens with one attached hydrogen (secondary N) is 1. The molecule has 7 heteroatoms. The number of ether oxygens (including phenoxy) is 2. The number of hydrogen-bond donors (Lipinski definition) is 2. The maximum absolute atomic E-state index is 12.3. The van der Waals surface area contributed by atoms with Crippen molar-refractivity contribution in [1.82, 2.24) is 10.3 Å². The molecule has 24 heavy (non-hydrogen) atoms. The molecule has 3 rings (SSSR count). The molecule has 1 aliphatic heterocycles. The number of carbonyl (C=O) groups excluding carboxylic acids is 1. The van der Waals surface area contributed by atoms with Gasteiger partial charge in [0.2, 0.25) is 6.79 Å². The van der Waals surface area contributed by atoms with Crippen LogP contribution in [0, 0.1) is 0 Å². The molecule has 128 valence electrons. The first-order valence-corrected chi connectivity index (χ1v) is 8.85. The summed E-state index contributed by atoms with van der Waals surface area (Å²) in [6.45, 7) is 4.72. The number of nitrogens with two attached hydrogens (primary N) is 1. The molecule has 0 bridgehead atoms.